The highest BCUT2D eigenvalue weighted by atomic mass is 32.1. The molecule has 0 bridgehead atoms. The van der Waals surface area contributed by atoms with E-state index in [4.69, 9.17) is 15.0 Å². The molecule has 0 spiro atoms. The number of rotatable bonds is 6. The average Bonchev–Trinajstić information content (AvgIpc) is 3.90. The molecule has 0 atom stereocenters. The first-order chi connectivity index (χ1) is 29.8. The number of thiophene rings is 2. The number of hydrogen-bond acceptors (Lipinski definition) is 5. The maximum Gasteiger partial charge on any atom is 0.165 e. The van der Waals surface area contributed by atoms with Crippen LogP contribution in [0.4, 0.5) is 0 Å². The quantitative estimate of drug-likeness (QED) is 0.168. The molecule has 0 aliphatic heterocycles. The summed E-state index contributed by atoms with van der Waals surface area (Å²) in [7, 11) is 0. The Kier molecular flexibility index (Phi) is 8.36. The fourth-order valence-electron chi connectivity index (χ4n) is 9.07. The van der Waals surface area contributed by atoms with Crippen molar-refractivity contribution < 1.29 is 0 Å². The van der Waals surface area contributed by atoms with Gasteiger partial charge in [0.05, 0.1) is 0 Å². The SMILES string of the molecule is C1=Cc2c(sc3c(-c4nc(-c5c(-c6ccccc6)ccc(-c6ccccc6)c5-c5cccc6ccccc56)nc(-c5cccc6c5sc5ccccc56)n4)cccc23)CC1. The van der Waals surface area contributed by atoms with Gasteiger partial charge in [0.1, 0.15) is 0 Å². The van der Waals surface area contributed by atoms with Crippen LogP contribution in [0.1, 0.15) is 16.9 Å². The zero-order valence-electron chi connectivity index (χ0n) is 32.5. The Bertz CT molecular complexity index is 3480. The molecular weight excluding hydrogens is 767 g/mol. The molecule has 1 aliphatic carbocycles. The van der Waals surface area contributed by atoms with Gasteiger partial charge in [0.25, 0.3) is 0 Å². The summed E-state index contributed by atoms with van der Waals surface area (Å²) in [6.07, 6.45) is 6.70. The smallest absolute Gasteiger partial charge is 0.165 e. The summed E-state index contributed by atoms with van der Waals surface area (Å²) in [5.74, 6) is 1.98. The number of fused-ring (bicyclic) bond motifs is 7. The molecule has 0 saturated carbocycles. The van der Waals surface area contributed by atoms with Crippen molar-refractivity contribution in [1.29, 1.82) is 0 Å². The lowest BCUT2D eigenvalue weighted by Gasteiger charge is -2.21. The van der Waals surface area contributed by atoms with E-state index in [1.54, 1.807) is 11.3 Å². The van der Waals surface area contributed by atoms with Crippen molar-refractivity contribution in [3.63, 3.8) is 0 Å². The summed E-state index contributed by atoms with van der Waals surface area (Å²) in [6.45, 7) is 0. The van der Waals surface area contributed by atoms with E-state index in [9.17, 15) is 0 Å². The van der Waals surface area contributed by atoms with Gasteiger partial charge in [-0.25, -0.2) is 15.0 Å². The molecule has 3 nitrogen and oxygen atoms in total. The summed E-state index contributed by atoms with van der Waals surface area (Å²) in [4.78, 5) is 18.2. The van der Waals surface area contributed by atoms with Crippen LogP contribution in [0.15, 0.2) is 182 Å². The first-order valence-electron chi connectivity index (χ1n) is 20.4. The van der Waals surface area contributed by atoms with Crippen molar-refractivity contribution in [2.45, 2.75) is 12.8 Å². The lowest BCUT2D eigenvalue weighted by Crippen LogP contribution is -2.03. The predicted molar refractivity (Wildman–Crippen MR) is 256 cm³/mol. The summed E-state index contributed by atoms with van der Waals surface area (Å²) in [5, 5.41) is 6.07. The Labute approximate surface area is 355 Å². The van der Waals surface area contributed by atoms with E-state index in [0.717, 1.165) is 62.9 Å². The van der Waals surface area contributed by atoms with Crippen molar-refractivity contribution in [1.82, 2.24) is 15.0 Å². The molecular formula is C55H35N3S2. The molecule has 60 heavy (non-hydrogen) atoms. The zero-order valence-corrected chi connectivity index (χ0v) is 34.1. The van der Waals surface area contributed by atoms with E-state index in [0.29, 0.717) is 17.5 Å². The van der Waals surface area contributed by atoms with Gasteiger partial charge in [0.15, 0.2) is 17.5 Å². The fourth-order valence-corrected chi connectivity index (χ4v) is 11.6. The minimum atomic E-state index is 0.644. The van der Waals surface area contributed by atoms with Gasteiger partial charge >= 0.3 is 0 Å². The lowest BCUT2D eigenvalue weighted by molar-refractivity contribution is 1.02. The molecule has 3 heterocycles. The number of hydrogen-bond donors (Lipinski definition) is 0. The van der Waals surface area contributed by atoms with E-state index >= 15 is 0 Å². The van der Waals surface area contributed by atoms with Crippen molar-refractivity contribution in [3.05, 3.63) is 192 Å². The summed E-state index contributed by atoms with van der Waals surface area (Å²) >= 11 is 3.68. The largest absolute Gasteiger partial charge is 0.208 e. The minimum Gasteiger partial charge on any atom is -0.208 e. The van der Waals surface area contributed by atoms with Crippen LogP contribution in [0.3, 0.4) is 0 Å². The van der Waals surface area contributed by atoms with Crippen molar-refractivity contribution in [2.75, 3.05) is 0 Å². The summed E-state index contributed by atoms with van der Waals surface area (Å²) in [6, 6.07) is 63.1. The van der Waals surface area contributed by atoms with Crippen LogP contribution in [0, 0.1) is 0 Å². The molecule has 0 N–H and O–H groups in total. The Balaban J connectivity index is 1.23. The molecule has 0 unspecified atom stereocenters. The first kappa shape index (κ1) is 34.9. The van der Waals surface area contributed by atoms with E-state index in [2.05, 4.69) is 188 Å². The highest BCUT2D eigenvalue weighted by molar-refractivity contribution is 7.26. The number of benzene rings is 8. The second-order valence-electron chi connectivity index (χ2n) is 15.3. The second-order valence-corrected chi connectivity index (χ2v) is 17.5. The molecule has 1 aliphatic rings. The average molecular weight is 802 g/mol. The highest BCUT2D eigenvalue weighted by Crippen LogP contribution is 2.48. The van der Waals surface area contributed by atoms with Gasteiger partial charge in [-0.2, -0.15) is 0 Å². The molecule has 0 saturated heterocycles. The van der Waals surface area contributed by atoms with Gasteiger partial charge in [-0.1, -0.05) is 170 Å². The molecule has 0 fully saturated rings. The van der Waals surface area contributed by atoms with Crippen molar-refractivity contribution in [3.8, 4) is 67.5 Å². The van der Waals surface area contributed by atoms with Gasteiger partial charge in [0.2, 0.25) is 0 Å². The van der Waals surface area contributed by atoms with E-state index in [-0.39, 0.29) is 0 Å². The normalized spacial score (nSPS) is 12.5. The van der Waals surface area contributed by atoms with Gasteiger partial charge in [-0.05, 0) is 75.2 Å². The minimum absolute atomic E-state index is 0.644. The summed E-state index contributed by atoms with van der Waals surface area (Å²) < 4.78 is 3.64. The highest BCUT2D eigenvalue weighted by Gasteiger charge is 2.26. The van der Waals surface area contributed by atoms with Crippen LogP contribution in [0.5, 0.6) is 0 Å². The van der Waals surface area contributed by atoms with Crippen LogP contribution in [0.2, 0.25) is 0 Å². The predicted octanol–water partition coefficient (Wildman–Crippen LogP) is 15.6. The Hall–Kier alpha value is -7.05. The second kappa shape index (κ2) is 14.3. The third-order valence-electron chi connectivity index (χ3n) is 11.8. The van der Waals surface area contributed by atoms with Crippen LogP contribution in [-0.2, 0) is 6.42 Å². The molecule has 282 valence electrons. The molecule has 8 aromatic carbocycles. The van der Waals surface area contributed by atoms with Gasteiger partial charge in [0, 0.05) is 57.4 Å². The molecule has 11 aromatic rings. The van der Waals surface area contributed by atoms with Crippen molar-refractivity contribution in [2.24, 2.45) is 0 Å². The number of nitrogens with zero attached hydrogens (tertiary/aromatic N) is 3. The molecule has 3 aromatic heterocycles. The van der Waals surface area contributed by atoms with Gasteiger partial charge in [-0.3, -0.25) is 0 Å². The number of aryl methyl sites for hydroxylation is 1. The molecule has 0 radical (unpaired) electrons. The first-order valence-corrected chi connectivity index (χ1v) is 22.0. The molecule has 12 rings (SSSR count). The van der Waals surface area contributed by atoms with Crippen LogP contribution < -0.4 is 0 Å². The van der Waals surface area contributed by atoms with Crippen LogP contribution in [-0.4, -0.2) is 15.0 Å². The Morgan fingerprint density at radius 1 is 0.383 bits per heavy atom. The van der Waals surface area contributed by atoms with E-state index in [1.165, 1.54) is 51.5 Å². The third kappa shape index (κ3) is 5.73. The van der Waals surface area contributed by atoms with E-state index < -0.39 is 0 Å². The topological polar surface area (TPSA) is 38.7 Å². The van der Waals surface area contributed by atoms with Crippen molar-refractivity contribution >= 4 is 69.8 Å². The van der Waals surface area contributed by atoms with E-state index in [1.807, 2.05) is 11.3 Å². The molecule has 5 heteroatoms. The number of allylic oxidation sites excluding steroid dienone is 1. The fraction of sp³-hybridized carbons (Fsp3) is 0.0364. The number of aromatic nitrogens is 3. The maximum absolute atomic E-state index is 5.64. The zero-order chi connectivity index (χ0) is 39.6. The Morgan fingerprint density at radius 3 is 1.68 bits per heavy atom. The maximum atomic E-state index is 5.64. The standard InChI is InChI=1S/C55H35N3S2/c1-3-16-35(17-4-1)38-32-33-39(36-18-5-2-6-19-36)50(49(38)42-25-13-21-34-20-7-8-22-37(34)42)55-57-53(45-28-14-26-43-40-23-9-11-30-47(40)59-51(43)45)56-54(58-55)46-29-15-27-44-41-24-10-12-31-48(41)60-52(44)46/h1-11,13-30,32-33H,12,31H2. The van der Waals surface area contributed by atoms with Gasteiger partial charge < -0.3 is 0 Å². The summed E-state index contributed by atoms with van der Waals surface area (Å²) in [5.41, 5.74) is 11.0. The lowest BCUT2D eigenvalue weighted by atomic mass is 9.83. The Morgan fingerprint density at radius 2 is 0.933 bits per heavy atom. The molecule has 0 amide bonds. The van der Waals surface area contributed by atoms with Gasteiger partial charge in [-0.15, -0.1) is 22.7 Å². The monoisotopic (exact) mass is 801 g/mol. The van der Waals surface area contributed by atoms with Crippen LogP contribution >= 0.6 is 22.7 Å². The third-order valence-corrected chi connectivity index (χ3v) is 14.4. The van der Waals surface area contributed by atoms with Crippen LogP contribution in [0.25, 0.3) is 115 Å².